The van der Waals surface area contributed by atoms with Crippen LogP contribution in [0.5, 0.6) is 5.75 Å². The van der Waals surface area contributed by atoms with Gasteiger partial charge >= 0.3 is 0 Å². The van der Waals surface area contributed by atoms with Gasteiger partial charge < -0.3 is 10.8 Å². The lowest BCUT2D eigenvalue weighted by molar-refractivity contribution is 0.475. The molecule has 3 N–H and O–H groups in total. The first kappa shape index (κ1) is 12.6. The van der Waals surface area contributed by atoms with E-state index in [-0.39, 0.29) is 11.8 Å². The molecular formula is C13H18N4O. The van der Waals surface area contributed by atoms with Gasteiger partial charge in [0.15, 0.2) is 5.82 Å². The molecule has 0 aliphatic rings. The van der Waals surface area contributed by atoms with Gasteiger partial charge in [-0.25, -0.2) is 4.98 Å². The van der Waals surface area contributed by atoms with Crippen LogP contribution in [-0.2, 0) is 19.9 Å². The number of hydrogen-bond acceptors (Lipinski definition) is 4. The van der Waals surface area contributed by atoms with Gasteiger partial charge in [-0.2, -0.15) is 5.10 Å². The Hall–Kier alpha value is -1.88. The van der Waals surface area contributed by atoms with E-state index in [2.05, 4.69) is 10.1 Å². The van der Waals surface area contributed by atoms with Gasteiger partial charge in [0.2, 0.25) is 0 Å². The molecular weight excluding hydrogens is 228 g/mol. The molecule has 5 nitrogen and oxygen atoms in total. The Morgan fingerprint density at radius 3 is 2.56 bits per heavy atom. The quantitative estimate of drug-likeness (QED) is 0.853. The number of phenolic OH excluding ortho intramolecular Hbond substituents is 1. The third-order valence-electron chi connectivity index (χ3n) is 2.88. The van der Waals surface area contributed by atoms with Crippen molar-refractivity contribution in [2.75, 3.05) is 0 Å². The monoisotopic (exact) mass is 246 g/mol. The molecule has 0 aliphatic carbocycles. The highest BCUT2D eigenvalue weighted by Gasteiger charge is 2.14. The minimum atomic E-state index is -0.188. The lowest BCUT2D eigenvalue weighted by atomic mass is 10.1. The number of nitrogens with zero attached hydrogens (tertiary/aromatic N) is 3. The van der Waals surface area contributed by atoms with E-state index >= 15 is 0 Å². The Bertz CT molecular complexity index is 518. The second-order valence-electron chi connectivity index (χ2n) is 4.34. The lowest BCUT2D eigenvalue weighted by Crippen LogP contribution is -2.18. The summed E-state index contributed by atoms with van der Waals surface area (Å²) in [5, 5.41) is 13.5. The van der Waals surface area contributed by atoms with Crippen LogP contribution in [0.15, 0.2) is 24.3 Å². The first-order valence-corrected chi connectivity index (χ1v) is 6.03. The summed E-state index contributed by atoms with van der Waals surface area (Å²) in [7, 11) is 1.86. The van der Waals surface area contributed by atoms with E-state index in [1.807, 2.05) is 26.1 Å². The van der Waals surface area contributed by atoms with Crippen molar-refractivity contribution in [2.24, 2.45) is 12.8 Å². The molecule has 1 unspecified atom stereocenters. The molecule has 0 spiro atoms. The molecule has 1 atom stereocenters. The summed E-state index contributed by atoms with van der Waals surface area (Å²) in [6, 6.07) is 6.87. The summed E-state index contributed by atoms with van der Waals surface area (Å²) >= 11 is 0. The summed E-state index contributed by atoms with van der Waals surface area (Å²) in [6.45, 7) is 2.02. The highest BCUT2D eigenvalue weighted by atomic mass is 16.3. The molecule has 1 aromatic heterocycles. The van der Waals surface area contributed by atoms with Gasteiger partial charge in [-0.3, -0.25) is 4.68 Å². The molecule has 0 amide bonds. The fraction of sp³-hybridized carbons (Fsp3) is 0.385. The standard InChI is InChI=1S/C13H18N4O/c1-3-12-15-13(17(2)16-12)11(14)8-9-4-6-10(18)7-5-9/h4-7,11,18H,3,8,14H2,1-2H3. The molecule has 96 valence electrons. The van der Waals surface area contributed by atoms with Gasteiger partial charge in [-0.05, 0) is 24.1 Å². The van der Waals surface area contributed by atoms with E-state index in [0.29, 0.717) is 6.42 Å². The van der Waals surface area contributed by atoms with Crippen molar-refractivity contribution in [1.29, 1.82) is 0 Å². The molecule has 1 heterocycles. The SMILES string of the molecule is CCc1nc(C(N)Cc2ccc(O)cc2)n(C)n1. The minimum Gasteiger partial charge on any atom is -0.508 e. The molecule has 1 aromatic carbocycles. The summed E-state index contributed by atoms with van der Waals surface area (Å²) < 4.78 is 1.74. The van der Waals surface area contributed by atoms with E-state index in [1.54, 1.807) is 16.8 Å². The first-order chi connectivity index (χ1) is 8.60. The predicted molar refractivity (Wildman–Crippen MR) is 69.1 cm³/mol. The van der Waals surface area contributed by atoms with Gasteiger partial charge in [0, 0.05) is 13.5 Å². The number of hydrogen-bond donors (Lipinski definition) is 2. The maximum absolute atomic E-state index is 9.23. The van der Waals surface area contributed by atoms with E-state index in [0.717, 1.165) is 23.6 Å². The molecule has 0 fully saturated rings. The number of rotatable bonds is 4. The number of aromatic nitrogens is 3. The molecule has 0 saturated carbocycles. The molecule has 0 saturated heterocycles. The third-order valence-corrected chi connectivity index (χ3v) is 2.88. The van der Waals surface area contributed by atoms with Crippen LogP contribution >= 0.6 is 0 Å². The largest absolute Gasteiger partial charge is 0.508 e. The van der Waals surface area contributed by atoms with Gasteiger partial charge in [0.1, 0.15) is 11.6 Å². The zero-order valence-electron chi connectivity index (χ0n) is 10.7. The van der Waals surface area contributed by atoms with Crippen LogP contribution < -0.4 is 5.73 Å². The summed E-state index contributed by atoms with van der Waals surface area (Å²) in [5.74, 6) is 1.87. The smallest absolute Gasteiger partial charge is 0.150 e. The maximum atomic E-state index is 9.23. The average Bonchev–Trinajstić information content (AvgIpc) is 2.73. The Morgan fingerprint density at radius 1 is 1.33 bits per heavy atom. The number of aromatic hydroxyl groups is 1. The van der Waals surface area contributed by atoms with Crippen molar-refractivity contribution in [3.63, 3.8) is 0 Å². The molecule has 2 rings (SSSR count). The van der Waals surface area contributed by atoms with Crippen molar-refractivity contribution >= 4 is 0 Å². The Kier molecular flexibility index (Phi) is 3.62. The second-order valence-corrected chi connectivity index (χ2v) is 4.34. The van der Waals surface area contributed by atoms with Crippen LogP contribution in [0, 0.1) is 0 Å². The van der Waals surface area contributed by atoms with Gasteiger partial charge in [-0.15, -0.1) is 0 Å². The van der Waals surface area contributed by atoms with Crippen LogP contribution in [0.3, 0.4) is 0 Å². The number of nitrogens with two attached hydrogens (primary N) is 1. The number of aryl methyl sites for hydroxylation is 2. The summed E-state index contributed by atoms with van der Waals surface area (Å²) in [6.07, 6.45) is 1.48. The Labute approximate surface area is 106 Å². The van der Waals surface area contributed by atoms with E-state index < -0.39 is 0 Å². The minimum absolute atomic E-state index is 0.188. The molecule has 2 aromatic rings. The van der Waals surface area contributed by atoms with Crippen LogP contribution in [0.4, 0.5) is 0 Å². The molecule has 5 heteroatoms. The second kappa shape index (κ2) is 5.18. The fourth-order valence-corrected chi connectivity index (χ4v) is 1.90. The van der Waals surface area contributed by atoms with Crippen molar-refractivity contribution in [2.45, 2.75) is 25.8 Å². The average molecular weight is 246 g/mol. The molecule has 0 bridgehead atoms. The van der Waals surface area contributed by atoms with Crippen molar-refractivity contribution in [1.82, 2.24) is 14.8 Å². The maximum Gasteiger partial charge on any atom is 0.150 e. The van der Waals surface area contributed by atoms with E-state index in [4.69, 9.17) is 5.73 Å². The zero-order chi connectivity index (χ0) is 13.1. The fourth-order valence-electron chi connectivity index (χ4n) is 1.90. The normalized spacial score (nSPS) is 12.6. The highest BCUT2D eigenvalue weighted by molar-refractivity contribution is 5.26. The Morgan fingerprint density at radius 2 is 2.00 bits per heavy atom. The van der Waals surface area contributed by atoms with E-state index in [9.17, 15) is 5.11 Å². The highest BCUT2D eigenvalue weighted by Crippen LogP contribution is 2.16. The molecule has 18 heavy (non-hydrogen) atoms. The van der Waals surface area contributed by atoms with Gasteiger partial charge in [-0.1, -0.05) is 19.1 Å². The summed E-state index contributed by atoms with van der Waals surface area (Å²) in [4.78, 5) is 4.42. The lowest BCUT2D eigenvalue weighted by Gasteiger charge is -2.10. The van der Waals surface area contributed by atoms with Crippen LogP contribution in [0.2, 0.25) is 0 Å². The number of phenols is 1. The predicted octanol–water partition coefficient (Wildman–Crippen LogP) is 1.33. The van der Waals surface area contributed by atoms with Crippen molar-refractivity contribution in [3.8, 4) is 5.75 Å². The third kappa shape index (κ3) is 2.68. The topological polar surface area (TPSA) is 77.0 Å². The van der Waals surface area contributed by atoms with Crippen molar-refractivity contribution in [3.05, 3.63) is 41.5 Å². The van der Waals surface area contributed by atoms with Crippen LogP contribution in [0.25, 0.3) is 0 Å². The Balaban J connectivity index is 2.13. The molecule has 0 radical (unpaired) electrons. The molecule has 0 aliphatic heterocycles. The van der Waals surface area contributed by atoms with Crippen molar-refractivity contribution < 1.29 is 5.11 Å². The number of benzene rings is 1. The zero-order valence-corrected chi connectivity index (χ0v) is 10.7. The first-order valence-electron chi connectivity index (χ1n) is 6.03. The van der Waals surface area contributed by atoms with Gasteiger partial charge in [0.05, 0.1) is 6.04 Å². The van der Waals surface area contributed by atoms with E-state index in [1.165, 1.54) is 0 Å². The van der Waals surface area contributed by atoms with Crippen LogP contribution in [0.1, 0.15) is 30.2 Å². The summed E-state index contributed by atoms with van der Waals surface area (Å²) in [5.41, 5.74) is 7.22. The van der Waals surface area contributed by atoms with Gasteiger partial charge in [0.25, 0.3) is 0 Å². The van der Waals surface area contributed by atoms with Crippen LogP contribution in [-0.4, -0.2) is 19.9 Å².